The maximum Gasteiger partial charge on any atom is 0.324 e. The minimum atomic E-state index is -0.403. The molecule has 10 heteroatoms. The van der Waals surface area contributed by atoms with E-state index in [1.54, 1.807) is 50.4 Å². The minimum Gasteiger partial charge on any atom is -0.497 e. The van der Waals surface area contributed by atoms with Gasteiger partial charge in [0.25, 0.3) is 5.91 Å². The van der Waals surface area contributed by atoms with Crippen molar-refractivity contribution in [1.82, 2.24) is 24.9 Å². The highest BCUT2D eigenvalue weighted by atomic mass is 16.5. The molecule has 3 heterocycles. The summed E-state index contributed by atoms with van der Waals surface area (Å²) in [6, 6.07) is 6.36. The number of methoxy groups -OCH3 is 2. The number of benzene rings is 1. The van der Waals surface area contributed by atoms with Crippen LogP contribution in [-0.2, 0) is 11.8 Å². The molecule has 1 N–H and O–H groups in total. The van der Waals surface area contributed by atoms with Crippen LogP contribution in [0.5, 0.6) is 11.5 Å². The van der Waals surface area contributed by atoms with Gasteiger partial charge in [-0.15, -0.1) is 0 Å². The van der Waals surface area contributed by atoms with E-state index in [0.29, 0.717) is 41.5 Å². The fraction of sp³-hybridized carbons (Fsp3) is 0.368. The van der Waals surface area contributed by atoms with Gasteiger partial charge >= 0.3 is 6.03 Å². The first kappa shape index (κ1) is 18.8. The molecular formula is C19H21N5O5. The van der Waals surface area contributed by atoms with Crippen LogP contribution in [0.3, 0.4) is 0 Å². The van der Waals surface area contributed by atoms with E-state index in [1.165, 1.54) is 9.58 Å². The van der Waals surface area contributed by atoms with Gasteiger partial charge < -0.3 is 19.7 Å². The number of hydrogen-bond acceptors (Lipinski definition) is 6. The van der Waals surface area contributed by atoms with Crippen molar-refractivity contribution in [3.8, 4) is 22.8 Å². The van der Waals surface area contributed by atoms with E-state index < -0.39 is 6.03 Å². The van der Waals surface area contributed by atoms with E-state index in [0.717, 1.165) is 0 Å². The number of aryl methyl sites for hydroxylation is 1. The maximum absolute atomic E-state index is 12.9. The van der Waals surface area contributed by atoms with E-state index in [1.807, 2.05) is 0 Å². The number of likely N-dealkylation sites (tertiary alicyclic amines) is 1. The fourth-order valence-electron chi connectivity index (χ4n) is 3.56. The van der Waals surface area contributed by atoms with Crippen LogP contribution < -0.4 is 14.8 Å². The molecule has 2 aliphatic rings. The Hall–Kier alpha value is -3.56. The van der Waals surface area contributed by atoms with Gasteiger partial charge in [-0.2, -0.15) is 5.10 Å². The van der Waals surface area contributed by atoms with Crippen LogP contribution in [0.4, 0.5) is 4.79 Å². The Morgan fingerprint density at radius 1 is 1.17 bits per heavy atom. The molecule has 152 valence electrons. The molecule has 0 aliphatic carbocycles. The molecule has 0 atom stereocenters. The molecule has 1 aromatic carbocycles. The number of nitrogens with zero attached hydrogens (tertiary/aromatic N) is 4. The van der Waals surface area contributed by atoms with Crippen molar-refractivity contribution < 1.29 is 23.9 Å². The fourth-order valence-corrected chi connectivity index (χ4v) is 3.56. The van der Waals surface area contributed by atoms with Crippen molar-refractivity contribution in [3.05, 3.63) is 30.0 Å². The van der Waals surface area contributed by atoms with E-state index in [9.17, 15) is 14.4 Å². The first-order chi connectivity index (χ1) is 13.9. The minimum absolute atomic E-state index is 0.0107. The van der Waals surface area contributed by atoms with Crippen LogP contribution in [0.15, 0.2) is 24.3 Å². The highest BCUT2D eigenvalue weighted by Crippen LogP contribution is 2.33. The number of hydrogen-bond donors (Lipinski definition) is 1. The molecule has 0 unspecified atom stereocenters. The van der Waals surface area contributed by atoms with Crippen molar-refractivity contribution >= 4 is 17.8 Å². The Kier molecular flexibility index (Phi) is 4.61. The predicted molar refractivity (Wildman–Crippen MR) is 102 cm³/mol. The van der Waals surface area contributed by atoms with Crippen LogP contribution in [0.25, 0.3) is 11.3 Å². The largest absolute Gasteiger partial charge is 0.497 e. The van der Waals surface area contributed by atoms with Crippen LogP contribution in [0.2, 0.25) is 0 Å². The summed E-state index contributed by atoms with van der Waals surface area (Å²) in [5.41, 5.74) is 1.70. The normalized spacial score (nSPS) is 16.7. The highest BCUT2D eigenvalue weighted by Gasteiger charge is 2.43. The Morgan fingerprint density at radius 3 is 2.55 bits per heavy atom. The van der Waals surface area contributed by atoms with Crippen molar-refractivity contribution in [2.45, 2.75) is 6.04 Å². The summed E-state index contributed by atoms with van der Waals surface area (Å²) in [7, 11) is 4.83. The van der Waals surface area contributed by atoms with E-state index >= 15 is 0 Å². The highest BCUT2D eigenvalue weighted by molar-refractivity contribution is 6.03. The molecular weight excluding hydrogens is 378 g/mol. The summed E-state index contributed by atoms with van der Waals surface area (Å²) in [4.78, 5) is 39.2. The van der Waals surface area contributed by atoms with E-state index in [-0.39, 0.29) is 24.4 Å². The Bertz CT molecular complexity index is 979. The van der Waals surface area contributed by atoms with Gasteiger partial charge in [0.1, 0.15) is 17.2 Å². The van der Waals surface area contributed by atoms with Crippen LogP contribution >= 0.6 is 0 Å². The zero-order chi connectivity index (χ0) is 20.7. The van der Waals surface area contributed by atoms with Gasteiger partial charge in [-0.05, 0) is 24.3 Å². The summed E-state index contributed by atoms with van der Waals surface area (Å²) in [6.45, 7) is 0.624. The van der Waals surface area contributed by atoms with Crippen molar-refractivity contribution in [2.75, 3.05) is 33.9 Å². The lowest BCUT2D eigenvalue weighted by molar-refractivity contribution is -0.128. The second kappa shape index (κ2) is 7.12. The number of imide groups is 1. The van der Waals surface area contributed by atoms with E-state index in [4.69, 9.17) is 9.47 Å². The molecule has 1 aromatic heterocycles. The second-order valence-corrected chi connectivity index (χ2v) is 6.89. The van der Waals surface area contributed by atoms with E-state index in [2.05, 4.69) is 10.4 Å². The average Bonchev–Trinajstić information content (AvgIpc) is 3.23. The lowest BCUT2D eigenvalue weighted by atomic mass is 10.1. The number of amides is 4. The molecule has 29 heavy (non-hydrogen) atoms. The summed E-state index contributed by atoms with van der Waals surface area (Å²) < 4.78 is 12.2. The molecule has 2 fully saturated rings. The Balaban J connectivity index is 1.53. The van der Waals surface area contributed by atoms with Crippen molar-refractivity contribution in [3.63, 3.8) is 0 Å². The zero-order valence-electron chi connectivity index (χ0n) is 16.3. The number of aromatic nitrogens is 2. The molecule has 0 spiro atoms. The van der Waals surface area contributed by atoms with Gasteiger partial charge in [-0.3, -0.25) is 19.2 Å². The number of carbonyl (C=O) groups excluding carboxylic acids is 3. The summed E-state index contributed by atoms with van der Waals surface area (Å²) in [6.07, 6.45) is 0. The molecule has 2 aromatic rings. The van der Waals surface area contributed by atoms with Gasteiger partial charge in [0.05, 0.1) is 32.5 Å². The number of urea groups is 1. The van der Waals surface area contributed by atoms with Crippen LogP contribution in [0.1, 0.15) is 10.5 Å². The number of ether oxygens (including phenoxy) is 2. The van der Waals surface area contributed by atoms with Gasteiger partial charge in [0, 0.05) is 25.7 Å². The van der Waals surface area contributed by atoms with Gasteiger partial charge in [0.2, 0.25) is 5.91 Å². The Morgan fingerprint density at radius 2 is 1.93 bits per heavy atom. The summed E-state index contributed by atoms with van der Waals surface area (Å²) in [5, 5.41) is 6.95. The number of nitrogens with one attached hydrogen (secondary N) is 1. The number of rotatable bonds is 5. The molecule has 2 aliphatic heterocycles. The third kappa shape index (κ3) is 3.16. The molecule has 2 saturated heterocycles. The second-order valence-electron chi connectivity index (χ2n) is 6.89. The lowest BCUT2D eigenvalue weighted by Crippen LogP contribution is -2.62. The van der Waals surface area contributed by atoms with Gasteiger partial charge in [-0.25, -0.2) is 4.79 Å². The first-order valence-electron chi connectivity index (χ1n) is 9.08. The maximum atomic E-state index is 12.9. The summed E-state index contributed by atoms with van der Waals surface area (Å²) in [5.74, 6) is 0.792. The molecule has 10 nitrogen and oxygen atoms in total. The smallest absolute Gasteiger partial charge is 0.324 e. The van der Waals surface area contributed by atoms with Gasteiger partial charge in [0.15, 0.2) is 0 Å². The monoisotopic (exact) mass is 399 g/mol. The quantitative estimate of drug-likeness (QED) is 0.733. The topological polar surface area (TPSA) is 106 Å². The lowest BCUT2D eigenvalue weighted by Gasteiger charge is -2.42. The van der Waals surface area contributed by atoms with Crippen LogP contribution in [-0.4, -0.2) is 77.3 Å². The molecule has 0 bridgehead atoms. The molecule has 0 saturated carbocycles. The zero-order valence-corrected chi connectivity index (χ0v) is 16.3. The third-order valence-electron chi connectivity index (χ3n) is 5.17. The molecule has 4 amide bonds. The summed E-state index contributed by atoms with van der Waals surface area (Å²) >= 11 is 0. The third-order valence-corrected chi connectivity index (χ3v) is 5.17. The average molecular weight is 399 g/mol. The van der Waals surface area contributed by atoms with Gasteiger partial charge in [-0.1, -0.05) is 0 Å². The SMILES string of the molecule is COc1ccc(OC)c(-c2cc(C(=O)N3CC(N4C(=O)CNC4=O)C3)n(C)n2)c1. The molecule has 0 radical (unpaired) electrons. The van der Waals surface area contributed by atoms with Crippen LogP contribution in [0, 0.1) is 0 Å². The predicted octanol–water partition coefficient (Wildman–Crippen LogP) is 0.480. The van der Waals surface area contributed by atoms with Crippen molar-refractivity contribution in [1.29, 1.82) is 0 Å². The standard InChI is InChI=1S/C19H21N5O5/c1-22-15(7-14(21-22)13-6-12(28-2)4-5-16(13)29-3)18(26)23-9-11(10-23)24-17(25)8-20-19(24)27/h4-7,11H,8-10H2,1-3H3,(H,20,27). The number of carbonyl (C=O) groups is 3. The molecule has 4 rings (SSSR count). The Labute approximate surface area is 167 Å². The first-order valence-corrected chi connectivity index (χ1v) is 9.08. The van der Waals surface area contributed by atoms with Crippen molar-refractivity contribution in [2.24, 2.45) is 7.05 Å².